The second-order valence-electron chi connectivity index (χ2n) is 5.98. The number of benzene rings is 2. The summed E-state index contributed by atoms with van der Waals surface area (Å²) in [6.07, 6.45) is 0. The molecular formula is C20H16N4O2. The number of aryl methyl sites for hydroxylation is 1. The highest BCUT2D eigenvalue weighted by Gasteiger charge is 2.34. The number of hydrogen-bond acceptors (Lipinski definition) is 5. The van der Waals surface area contributed by atoms with Gasteiger partial charge in [-0.15, -0.1) is 5.10 Å². The van der Waals surface area contributed by atoms with Crippen molar-refractivity contribution >= 4 is 0 Å². The predicted octanol–water partition coefficient (Wildman–Crippen LogP) is 3.73. The van der Waals surface area contributed by atoms with Crippen LogP contribution in [-0.4, -0.2) is 10.2 Å². The number of rotatable bonds is 3. The number of aromatic nitrogens is 2. The molecule has 4 rings (SSSR count). The molecule has 0 radical (unpaired) electrons. The van der Waals surface area contributed by atoms with Gasteiger partial charge in [-0.05, 0) is 36.8 Å². The molecule has 2 heterocycles. The molecule has 0 bridgehead atoms. The average molecular weight is 344 g/mol. The molecule has 0 fully saturated rings. The Bertz CT molecular complexity index is 1030. The van der Waals surface area contributed by atoms with E-state index in [1.807, 2.05) is 61.5 Å². The van der Waals surface area contributed by atoms with Crippen LogP contribution in [0.5, 0.6) is 17.4 Å². The normalized spacial score (nSPS) is 15.8. The fourth-order valence-electron chi connectivity index (χ4n) is 3.11. The Morgan fingerprint density at radius 2 is 1.92 bits per heavy atom. The summed E-state index contributed by atoms with van der Waals surface area (Å²) in [5.41, 5.74) is 8.84. The van der Waals surface area contributed by atoms with E-state index in [4.69, 9.17) is 15.2 Å². The monoisotopic (exact) mass is 344 g/mol. The van der Waals surface area contributed by atoms with Crippen molar-refractivity contribution in [2.75, 3.05) is 0 Å². The Kier molecular flexibility index (Phi) is 3.82. The molecule has 26 heavy (non-hydrogen) atoms. The molecule has 6 heteroatoms. The number of nitrogens with two attached hydrogens (primary N) is 1. The van der Waals surface area contributed by atoms with E-state index >= 15 is 0 Å². The van der Waals surface area contributed by atoms with E-state index < -0.39 is 0 Å². The molecule has 6 nitrogen and oxygen atoms in total. The molecule has 3 N–H and O–H groups in total. The molecule has 0 aliphatic carbocycles. The molecule has 2 aromatic carbocycles. The lowest BCUT2D eigenvalue weighted by molar-refractivity contribution is 0.378. The molecule has 3 aromatic rings. The van der Waals surface area contributed by atoms with E-state index in [-0.39, 0.29) is 11.8 Å². The van der Waals surface area contributed by atoms with Gasteiger partial charge in [0, 0.05) is 11.3 Å². The number of para-hydroxylation sites is 1. The van der Waals surface area contributed by atoms with Gasteiger partial charge < -0.3 is 15.2 Å². The van der Waals surface area contributed by atoms with Gasteiger partial charge in [-0.2, -0.15) is 5.26 Å². The third kappa shape index (κ3) is 2.66. The number of nitriles is 1. The molecule has 1 aromatic heterocycles. The van der Waals surface area contributed by atoms with Crippen molar-refractivity contribution in [1.29, 1.82) is 5.26 Å². The number of nitrogens with zero attached hydrogens (tertiary/aromatic N) is 2. The van der Waals surface area contributed by atoms with Gasteiger partial charge in [0.25, 0.3) is 0 Å². The second-order valence-corrected chi connectivity index (χ2v) is 5.98. The van der Waals surface area contributed by atoms with Crippen LogP contribution < -0.4 is 15.2 Å². The largest absolute Gasteiger partial charge is 0.457 e. The Balaban J connectivity index is 1.78. The SMILES string of the molecule is Cc1[nH]nc2c1[C@H](c1cccc(Oc3ccccc3)c1)C(C#N)=C(N)O2. The Morgan fingerprint density at radius 1 is 1.15 bits per heavy atom. The Morgan fingerprint density at radius 3 is 2.69 bits per heavy atom. The van der Waals surface area contributed by atoms with E-state index in [2.05, 4.69) is 16.3 Å². The quantitative estimate of drug-likeness (QED) is 0.754. The van der Waals surface area contributed by atoms with Gasteiger partial charge in [-0.25, -0.2) is 0 Å². The van der Waals surface area contributed by atoms with Crippen LogP contribution in [-0.2, 0) is 0 Å². The maximum atomic E-state index is 9.62. The van der Waals surface area contributed by atoms with E-state index in [1.54, 1.807) is 0 Å². The molecule has 0 amide bonds. The maximum Gasteiger partial charge on any atom is 0.244 e. The first kappa shape index (κ1) is 15.8. The molecular weight excluding hydrogens is 328 g/mol. The smallest absolute Gasteiger partial charge is 0.244 e. The third-order valence-electron chi connectivity index (χ3n) is 4.30. The van der Waals surface area contributed by atoms with Gasteiger partial charge >= 0.3 is 0 Å². The van der Waals surface area contributed by atoms with Gasteiger partial charge in [0.15, 0.2) is 0 Å². The van der Waals surface area contributed by atoms with Crippen LogP contribution in [0, 0.1) is 18.3 Å². The first-order chi connectivity index (χ1) is 12.7. The van der Waals surface area contributed by atoms with Gasteiger partial charge in [0.2, 0.25) is 11.8 Å². The Hall–Kier alpha value is -3.72. The molecule has 0 spiro atoms. The highest BCUT2D eigenvalue weighted by molar-refractivity contribution is 5.55. The second kappa shape index (κ2) is 6.30. The van der Waals surface area contributed by atoms with Crippen LogP contribution in [0.25, 0.3) is 0 Å². The van der Waals surface area contributed by atoms with E-state index in [9.17, 15) is 5.26 Å². The number of aromatic amines is 1. The number of H-pyrrole nitrogens is 1. The molecule has 1 aliphatic rings. The van der Waals surface area contributed by atoms with Crippen molar-refractivity contribution in [3.8, 4) is 23.4 Å². The average Bonchev–Trinajstić information content (AvgIpc) is 3.02. The summed E-state index contributed by atoms with van der Waals surface area (Å²) in [6, 6.07) is 19.3. The standard InChI is InChI=1S/C20H16N4O2/c1-12-17-18(16(11-21)19(22)26-20(17)24-23-12)13-6-5-9-15(10-13)25-14-7-3-2-4-8-14/h2-10,18H,22H2,1H3,(H,23,24)/t18-/m1/s1. The van der Waals surface area contributed by atoms with Crippen LogP contribution in [0.3, 0.4) is 0 Å². The lowest BCUT2D eigenvalue weighted by Gasteiger charge is -2.24. The topological polar surface area (TPSA) is 97.0 Å². The highest BCUT2D eigenvalue weighted by Crippen LogP contribution is 2.43. The Labute approximate surface area is 150 Å². The number of fused-ring (bicyclic) bond motifs is 1. The summed E-state index contributed by atoms with van der Waals surface area (Å²) in [5.74, 6) is 1.54. The van der Waals surface area contributed by atoms with Crippen molar-refractivity contribution in [3.63, 3.8) is 0 Å². The summed E-state index contributed by atoms with van der Waals surface area (Å²) in [7, 11) is 0. The van der Waals surface area contributed by atoms with Crippen LogP contribution in [0.15, 0.2) is 66.1 Å². The van der Waals surface area contributed by atoms with E-state index in [0.717, 1.165) is 22.6 Å². The predicted molar refractivity (Wildman–Crippen MR) is 95.6 cm³/mol. The molecule has 0 saturated carbocycles. The lowest BCUT2D eigenvalue weighted by Crippen LogP contribution is -2.21. The summed E-state index contributed by atoms with van der Waals surface area (Å²) in [5, 5.41) is 16.7. The summed E-state index contributed by atoms with van der Waals surface area (Å²) in [6.45, 7) is 1.89. The summed E-state index contributed by atoms with van der Waals surface area (Å²) in [4.78, 5) is 0. The third-order valence-corrected chi connectivity index (χ3v) is 4.30. The maximum absolute atomic E-state index is 9.62. The van der Waals surface area contributed by atoms with E-state index in [1.165, 1.54) is 0 Å². The summed E-state index contributed by atoms with van der Waals surface area (Å²) < 4.78 is 11.4. The number of ether oxygens (including phenoxy) is 2. The minimum atomic E-state index is -0.359. The van der Waals surface area contributed by atoms with E-state index in [0.29, 0.717) is 17.2 Å². The fourth-order valence-corrected chi connectivity index (χ4v) is 3.11. The minimum absolute atomic E-state index is 0.0749. The van der Waals surface area contributed by atoms with Gasteiger partial charge in [-0.3, -0.25) is 5.10 Å². The summed E-state index contributed by atoms with van der Waals surface area (Å²) >= 11 is 0. The lowest BCUT2D eigenvalue weighted by atomic mass is 9.84. The van der Waals surface area contributed by atoms with Gasteiger partial charge in [-0.1, -0.05) is 30.3 Å². The van der Waals surface area contributed by atoms with Gasteiger partial charge in [0.05, 0.1) is 5.92 Å². The van der Waals surface area contributed by atoms with Crippen molar-refractivity contribution in [2.24, 2.45) is 5.73 Å². The van der Waals surface area contributed by atoms with Crippen molar-refractivity contribution in [2.45, 2.75) is 12.8 Å². The van der Waals surface area contributed by atoms with Gasteiger partial charge in [0.1, 0.15) is 23.1 Å². The van der Waals surface area contributed by atoms with Crippen molar-refractivity contribution in [3.05, 3.63) is 82.9 Å². The van der Waals surface area contributed by atoms with Crippen LogP contribution in [0.4, 0.5) is 0 Å². The fraction of sp³-hybridized carbons (Fsp3) is 0.100. The zero-order valence-corrected chi connectivity index (χ0v) is 14.1. The zero-order valence-electron chi connectivity index (χ0n) is 14.1. The first-order valence-corrected chi connectivity index (χ1v) is 8.12. The van der Waals surface area contributed by atoms with Crippen LogP contribution in [0.2, 0.25) is 0 Å². The molecule has 1 aliphatic heterocycles. The molecule has 128 valence electrons. The number of allylic oxidation sites excluding steroid dienone is 1. The van der Waals surface area contributed by atoms with Crippen LogP contribution in [0.1, 0.15) is 22.7 Å². The number of hydrogen-bond donors (Lipinski definition) is 2. The highest BCUT2D eigenvalue weighted by atomic mass is 16.5. The minimum Gasteiger partial charge on any atom is -0.457 e. The zero-order chi connectivity index (χ0) is 18.1. The first-order valence-electron chi connectivity index (χ1n) is 8.12. The van der Waals surface area contributed by atoms with Crippen LogP contribution >= 0.6 is 0 Å². The number of nitrogens with one attached hydrogen (secondary N) is 1. The van der Waals surface area contributed by atoms with Crippen molar-refractivity contribution in [1.82, 2.24) is 10.2 Å². The van der Waals surface area contributed by atoms with Crippen molar-refractivity contribution < 1.29 is 9.47 Å². The molecule has 0 saturated heterocycles. The molecule has 0 unspecified atom stereocenters. The molecule has 1 atom stereocenters.